The quantitative estimate of drug-likeness (QED) is 0.691. The molecule has 0 aromatic heterocycles. The van der Waals surface area contributed by atoms with Gasteiger partial charge in [0.1, 0.15) is 5.82 Å². The standard InChI is InChI=1S/C21H19FN2O/c22-18-8-6-16(7-9-18)14-21(25)24-20-12-10-19(11-13-20)23-15-17-4-2-1-3-5-17/h1-13,23H,14-15H2,(H,24,25). The molecular formula is C21H19FN2O. The number of carbonyl (C=O) groups excluding carboxylic acids is 1. The molecule has 126 valence electrons. The molecule has 0 unspecified atom stereocenters. The molecule has 0 atom stereocenters. The number of hydrogen-bond donors (Lipinski definition) is 2. The first-order valence-corrected chi connectivity index (χ1v) is 8.11. The molecule has 3 aromatic carbocycles. The molecule has 3 rings (SSSR count). The highest BCUT2D eigenvalue weighted by atomic mass is 19.1. The van der Waals surface area contributed by atoms with E-state index in [1.165, 1.54) is 17.7 Å². The van der Waals surface area contributed by atoms with Crippen LogP contribution in [0.1, 0.15) is 11.1 Å². The Morgan fingerprint density at radius 3 is 2.08 bits per heavy atom. The van der Waals surface area contributed by atoms with E-state index in [2.05, 4.69) is 22.8 Å². The molecule has 0 aliphatic heterocycles. The number of halogens is 1. The van der Waals surface area contributed by atoms with Gasteiger partial charge in [-0.15, -0.1) is 0 Å². The van der Waals surface area contributed by atoms with Crippen molar-refractivity contribution in [3.8, 4) is 0 Å². The van der Waals surface area contributed by atoms with Crippen LogP contribution in [-0.2, 0) is 17.8 Å². The summed E-state index contributed by atoms with van der Waals surface area (Å²) in [6.45, 7) is 0.747. The van der Waals surface area contributed by atoms with Crippen molar-refractivity contribution in [2.45, 2.75) is 13.0 Å². The molecule has 0 heterocycles. The lowest BCUT2D eigenvalue weighted by molar-refractivity contribution is -0.115. The molecule has 0 saturated heterocycles. The van der Waals surface area contributed by atoms with Crippen LogP contribution in [0.5, 0.6) is 0 Å². The van der Waals surface area contributed by atoms with Gasteiger partial charge in [0.2, 0.25) is 5.91 Å². The summed E-state index contributed by atoms with van der Waals surface area (Å²) in [6.07, 6.45) is 0.217. The number of rotatable bonds is 6. The van der Waals surface area contributed by atoms with Gasteiger partial charge < -0.3 is 10.6 Å². The summed E-state index contributed by atoms with van der Waals surface area (Å²) in [5.74, 6) is -0.431. The first-order chi connectivity index (χ1) is 12.2. The highest BCUT2D eigenvalue weighted by Crippen LogP contribution is 2.15. The van der Waals surface area contributed by atoms with Gasteiger partial charge in [0, 0.05) is 17.9 Å². The molecule has 0 radical (unpaired) electrons. The van der Waals surface area contributed by atoms with Crippen LogP contribution < -0.4 is 10.6 Å². The lowest BCUT2D eigenvalue weighted by atomic mass is 10.1. The van der Waals surface area contributed by atoms with Crippen molar-refractivity contribution in [2.24, 2.45) is 0 Å². The number of nitrogens with one attached hydrogen (secondary N) is 2. The summed E-state index contributed by atoms with van der Waals surface area (Å²) in [5, 5.41) is 6.18. The summed E-state index contributed by atoms with van der Waals surface area (Å²) in [7, 11) is 0. The molecule has 0 aliphatic carbocycles. The molecule has 3 aromatic rings. The van der Waals surface area contributed by atoms with Crippen molar-refractivity contribution in [2.75, 3.05) is 10.6 Å². The number of anilines is 2. The van der Waals surface area contributed by atoms with Crippen molar-refractivity contribution in [3.05, 3.63) is 95.8 Å². The van der Waals surface area contributed by atoms with Gasteiger partial charge in [-0.25, -0.2) is 4.39 Å². The molecule has 4 heteroatoms. The molecular weight excluding hydrogens is 315 g/mol. The Labute approximate surface area is 146 Å². The first kappa shape index (κ1) is 16.7. The Morgan fingerprint density at radius 1 is 0.760 bits per heavy atom. The number of benzene rings is 3. The third-order valence-corrected chi connectivity index (χ3v) is 3.79. The molecule has 0 spiro atoms. The van der Waals surface area contributed by atoms with Gasteiger partial charge in [-0.1, -0.05) is 42.5 Å². The van der Waals surface area contributed by atoms with E-state index in [1.54, 1.807) is 12.1 Å². The van der Waals surface area contributed by atoms with E-state index in [4.69, 9.17) is 0 Å². The molecule has 1 amide bonds. The summed E-state index contributed by atoms with van der Waals surface area (Å²) in [4.78, 5) is 12.0. The zero-order valence-electron chi connectivity index (χ0n) is 13.7. The number of hydrogen-bond acceptors (Lipinski definition) is 2. The normalized spacial score (nSPS) is 10.3. The maximum atomic E-state index is 12.9. The van der Waals surface area contributed by atoms with Gasteiger partial charge in [0.15, 0.2) is 0 Å². The maximum Gasteiger partial charge on any atom is 0.228 e. The van der Waals surface area contributed by atoms with Gasteiger partial charge in [0.25, 0.3) is 0 Å². The van der Waals surface area contributed by atoms with E-state index >= 15 is 0 Å². The number of carbonyl (C=O) groups is 1. The predicted octanol–water partition coefficient (Wildman–Crippen LogP) is 4.62. The minimum atomic E-state index is -0.303. The SMILES string of the molecule is O=C(Cc1ccc(F)cc1)Nc1ccc(NCc2ccccc2)cc1. The van der Waals surface area contributed by atoms with E-state index in [9.17, 15) is 9.18 Å². The molecule has 0 bridgehead atoms. The molecule has 2 N–H and O–H groups in total. The van der Waals surface area contributed by atoms with E-state index in [-0.39, 0.29) is 18.1 Å². The third-order valence-electron chi connectivity index (χ3n) is 3.79. The fourth-order valence-electron chi connectivity index (χ4n) is 2.46. The smallest absolute Gasteiger partial charge is 0.228 e. The molecule has 3 nitrogen and oxygen atoms in total. The monoisotopic (exact) mass is 334 g/mol. The largest absolute Gasteiger partial charge is 0.381 e. The molecule has 0 fully saturated rings. The Kier molecular flexibility index (Phi) is 5.42. The second kappa shape index (κ2) is 8.11. The summed E-state index contributed by atoms with van der Waals surface area (Å²) in [6, 6.07) is 23.7. The van der Waals surface area contributed by atoms with Gasteiger partial charge >= 0.3 is 0 Å². The van der Waals surface area contributed by atoms with E-state index in [1.807, 2.05) is 42.5 Å². The third kappa shape index (κ3) is 5.18. The van der Waals surface area contributed by atoms with Crippen LogP contribution in [-0.4, -0.2) is 5.91 Å². The second-order valence-corrected chi connectivity index (χ2v) is 5.77. The van der Waals surface area contributed by atoms with E-state index in [0.717, 1.165) is 23.5 Å². The van der Waals surface area contributed by atoms with E-state index in [0.29, 0.717) is 0 Å². The Hall–Kier alpha value is -3.14. The van der Waals surface area contributed by atoms with Crippen LogP contribution in [0.3, 0.4) is 0 Å². The van der Waals surface area contributed by atoms with Gasteiger partial charge in [-0.3, -0.25) is 4.79 Å². The number of amides is 1. The highest BCUT2D eigenvalue weighted by molar-refractivity contribution is 5.92. The first-order valence-electron chi connectivity index (χ1n) is 8.11. The van der Waals surface area contributed by atoms with E-state index < -0.39 is 0 Å². The average molecular weight is 334 g/mol. The lowest BCUT2D eigenvalue weighted by Gasteiger charge is -2.09. The lowest BCUT2D eigenvalue weighted by Crippen LogP contribution is -2.14. The predicted molar refractivity (Wildman–Crippen MR) is 98.9 cm³/mol. The molecule has 0 saturated carbocycles. The minimum Gasteiger partial charge on any atom is -0.381 e. The highest BCUT2D eigenvalue weighted by Gasteiger charge is 2.04. The zero-order valence-corrected chi connectivity index (χ0v) is 13.7. The average Bonchev–Trinajstić information content (AvgIpc) is 2.64. The molecule has 25 heavy (non-hydrogen) atoms. The van der Waals surface area contributed by atoms with Crippen molar-refractivity contribution in [1.82, 2.24) is 0 Å². The zero-order chi connectivity index (χ0) is 17.5. The minimum absolute atomic E-state index is 0.128. The van der Waals surface area contributed by atoms with Crippen molar-refractivity contribution in [3.63, 3.8) is 0 Å². The fourth-order valence-corrected chi connectivity index (χ4v) is 2.46. The van der Waals surface area contributed by atoms with Crippen LogP contribution in [0.15, 0.2) is 78.9 Å². The van der Waals surface area contributed by atoms with Crippen molar-refractivity contribution < 1.29 is 9.18 Å². The Balaban J connectivity index is 1.51. The Morgan fingerprint density at radius 2 is 1.40 bits per heavy atom. The molecule has 0 aliphatic rings. The van der Waals surface area contributed by atoms with Crippen LogP contribution in [0.25, 0.3) is 0 Å². The Bertz CT molecular complexity index is 815. The van der Waals surface area contributed by atoms with Crippen molar-refractivity contribution in [1.29, 1.82) is 0 Å². The van der Waals surface area contributed by atoms with Crippen LogP contribution in [0.2, 0.25) is 0 Å². The van der Waals surface area contributed by atoms with Gasteiger partial charge in [0.05, 0.1) is 6.42 Å². The topological polar surface area (TPSA) is 41.1 Å². The van der Waals surface area contributed by atoms with Crippen LogP contribution in [0.4, 0.5) is 15.8 Å². The summed E-state index contributed by atoms with van der Waals surface area (Å²) < 4.78 is 12.9. The summed E-state index contributed by atoms with van der Waals surface area (Å²) in [5.41, 5.74) is 3.71. The van der Waals surface area contributed by atoms with Crippen molar-refractivity contribution >= 4 is 17.3 Å². The van der Waals surface area contributed by atoms with Gasteiger partial charge in [-0.2, -0.15) is 0 Å². The summed E-state index contributed by atoms with van der Waals surface area (Å²) >= 11 is 0. The fraction of sp³-hybridized carbons (Fsp3) is 0.0952. The van der Waals surface area contributed by atoms with Gasteiger partial charge in [-0.05, 0) is 47.5 Å². The maximum absolute atomic E-state index is 12.9. The van der Waals surface area contributed by atoms with Crippen LogP contribution in [0, 0.1) is 5.82 Å². The second-order valence-electron chi connectivity index (χ2n) is 5.77. The van der Waals surface area contributed by atoms with Crippen LogP contribution >= 0.6 is 0 Å².